The van der Waals surface area contributed by atoms with Crippen LogP contribution in [0.15, 0.2) is 57.2 Å². The van der Waals surface area contributed by atoms with Crippen molar-refractivity contribution in [3.05, 3.63) is 74.4 Å². The lowest BCUT2D eigenvalue weighted by molar-refractivity contribution is 0.0938. The Labute approximate surface area is 204 Å². The molecule has 0 aliphatic rings. The Balaban J connectivity index is 1.61. The molecule has 0 radical (unpaired) electrons. The largest absolute Gasteiger partial charge is 0.508 e. The maximum atomic E-state index is 12.6. The third-order valence-electron chi connectivity index (χ3n) is 5.53. The zero-order valence-electron chi connectivity index (χ0n) is 19.7. The standard InChI is InChI=1S/C24H26N6O6/c1-3-14-5-4-6-18(9-14)36-13-17(32)12-30-20-21(29(2)24(35)27-22(20)34)26-23(30)28-25-11-15-7-8-16(31)10-19(15)33/h4-11,17,31-33H,3,12-13H2,1-2H3,(H,26,28)(H,27,34,35)/t17-/m1/s1. The molecule has 4 rings (SSSR count). The number of phenolic OH excluding ortho intramolecular Hbond substituents is 2. The van der Waals surface area contributed by atoms with Crippen molar-refractivity contribution in [3.63, 3.8) is 0 Å². The monoisotopic (exact) mass is 494 g/mol. The minimum atomic E-state index is -1.03. The highest BCUT2D eigenvalue weighted by Gasteiger charge is 2.20. The Morgan fingerprint density at radius 2 is 2.03 bits per heavy atom. The second-order valence-electron chi connectivity index (χ2n) is 8.12. The molecule has 0 amide bonds. The molecule has 0 aliphatic carbocycles. The minimum absolute atomic E-state index is 0.0550. The second-order valence-corrected chi connectivity index (χ2v) is 8.12. The molecule has 0 fully saturated rings. The predicted octanol–water partition coefficient (Wildman–Crippen LogP) is 1.28. The average Bonchev–Trinajstić information content (AvgIpc) is 3.21. The van der Waals surface area contributed by atoms with Gasteiger partial charge >= 0.3 is 5.69 Å². The molecule has 0 spiro atoms. The van der Waals surface area contributed by atoms with Gasteiger partial charge in [0.15, 0.2) is 11.2 Å². The van der Waals surface area contributed by atoms with Gasteiger partial charge in [0.1, 0.15) is 30.0 Å². The van der Waals surface area contributed by atoms with E-state index in [1.54, 1.807) is 6.07 Å². The van der Waals surface area contributed by atoms with Crippen molar-refractivity contribution >= 4 is 23.3 Å². The molecule has 0 bridgehead atoms. The lowest BCUT2D eigenvalue weighted by Crippen LogP contribution is -2.30. The Morgan fingerprint density at radius 3 is 2.78 bits per heavy atom. The van der Waals surface area contributed by atoms with Crippen molar-refractivity contribution in [1.29, 1.82) is 0 Å². The fraction of sp³-hybridized carbons (Fsp3) is 0.250. The van der Waals surface area contributed by atoms with Gasteiger partial charge in [-0.05, 0) is 36.2 Å². The molecule has 0 saturated carbocycles. The topological polar surface area (TPSA) is 167 Å². The van der Waals surface area contributed by atoms with E-state index in [0.29, 0.717) is 11.3 Å². The number of hydrogen-bond acceptors (Lipinski definition) is 9. The molecule has 2 heterocycles. The highest BCUT2D eigenvalue weighted by atomic mass is 16.5. The molecule has 0 aliphatic heterocycles. The van der Waals surface area contributed by atoms with Gasteiger partial charge < -0.3 is 24.6 Å². The second kappa shape index (κ2) is 10.4. The maximum Gasteiger partial charge on any atom is 0.329 e. The summed E-state index contributed by atoms with van der Waals surface area (Å²) in [7, 11) is 1.46. The van der Waals surface area contributed by atoms with Gasteiger partial charge in [0.25, 0.3) is 5.56 Å². The van der Waals surface area contributed by atoms with Crippen molar-refractivity contribution in [2.24, 2.45) is 12.1 Å². The fourth-order valence-corrected chi connectivity index (χ4v) is 3.61. The van der Waals surface area contributed by atoms with Crippen molar-refractivity contribution < 1.29 is 20.1 Å². The first-order valence-electron chi connectivity index (χ1n) is 11.2. The third-order valence-corrected chi connectivity index (χ3v) is 5.53. The van der Waals surface area contributed by atoms with Crippen LogP contribution in [0.5, 0.6) is 17.2 Å². The number of ether oxygens (including phenoxy) is 1. The number of H-pyrrole nitrogens is 1. The van der Waals surface area contributed by atoms with Crippen LogP contribution < -0.4 is 21.4 Å². The van der Waals surface area contributed by atoms with Gasteiger partial charge in [-0.15, -0.1) is 0 Å². The molecule has 2 aromatic carbocycles. The number of aliphatic hydroxyl groups is 1. The first kappa shape index (κ1) is 24.5. The van der Waals surface area contributed by atoms with Crippen LogP contribution >= 0.6 is 0 Å². The summed E-state index contributed by atoms with van der Waals surface area (Å²) < 4.78 is 8.30. The van der Waals surface area contributed by atoms with E-state index < -0.39 is 17.4 Å². The van der Waals surface area contributed by atoms with E-state index in [9.17, 15) is 24.9 Å². The molecular formula is C24H26N6O6. The van der Waals surface area contributed by atoms with Gasteiger partial charge in [0.05, 0.1) is 12.8 Å². The predicted molar refractivity (Wildman–Crippen MR) is 134 cm³/mol. The Hall–Kier alpha value is -4.58. The fourth-order valence-electron chi connectivity index (χ4n) is 3.61. The van der Waals surface area contributed by atoms with E-state index in [0.717, 1.165) is 12.0 Å². The molecule has 12 nitrogen and oxygen atoms in total. The molecule has 0 saturated heterocycles. The van der Waals surface area contributed by atoms with Gasteiger partial charge in [0.2, 0.25) is 5.95 Å². The third kappa shape index (κ3) is 5.23. The van der Waals surface area contributed by atoms with Crippen LogP contribution in [0.1, 0.15) is 18.1 Å². The Morgan fingerprint density at radius 1 is 1.22 bits per heavy atom. The van der Waals surface area contributed by atoms with Crippen LogP contribution in [0.3, 0.4) is 0 Å². The van der Waals surface area contributed by atoms with Gasteiger partial charge in [-0.3, -0.25) is 14.3 Å². The zero-order chi connectivity index (χ0) is 25.8. The number of aromatic nitrogens is 4. The first-order valence-corrected chi connectivity index (χ1v) is 11.2. The number of imidazole rings is 1. The van der Waals surface area contributed by atoms with Gasteiger partial charge in [-0.1, -0.05) is 19.1 Å². The summed E-state index contributed by atoms with van der Waals surface area (Å²) in [6.45, 7) is 1.89. The molecule has 36 heavy (non-hydrogen) atoms. The zero-order valence-corrected chi connectivity index (χ0v) is 19.7. The lowest BCUT2D eigenvalue weighted by Gasteiger charge is -2.15. The average molecular weight is 495 g/mol. The molecule has 5 N–H and O–H groups in total. The lowest BCUT2D eigenvalue weighted by atomic mass is 10.2. The highest BCUT2D eigenvalue weighted by molar-refractivity contribution is 5.84. The maximum absolute atomic E-state index is 12.6. The summed E-state index contributed by atoms with van der Waals surface area (Å²) in [5, 5.41) is 34.1. The van der Waals surface area contributed by atoms with Crippen LogP contribution in [0.2, 0.25) is 0 Å². The van der Waals surface area contributed by atoms with Crippen molar-refractivity contribution in [2.45, 2.75) is 26.0 Å². The first-order chi connectivity index (χ1) is 17.3. The van der Waals surface area contributed by atoms with Crippen LogP contribution in [-0.2, 0) is 20.0 Å². The summed E-state index contributed by atoms with van der Waals surface area (Å²) in [6.07, 6.45) is 1.11. The SMILES string of the molecule is CCc1cccc(OC[C@H](O)Cn2c(NN=Cc3ccc(O)cc3O)nc3c2c(=O)[nH]c(=O)n3C)c1. The number of nitrogens with one attached hydrogen (secondary N) is 2. The number of phenols is 2. The summed E-state index contributed by atoms with van der Waals surface area (Å²) in [5.41, 5.74) is 2.95. The number of rotatable bonds is 9. The number of aromatic amines is 1. The van der Waals surface area contributed by atoms with Crippen molar-refractivity contribution in [2.75, 3.05) is 12.0 Å². The molecule has 12 heteroatoms. The number of aryl methyl sites for hydroxylation is 2. The number of nitrogens with zero attached hydrogens (tertiary/aromatic N) is 4. The number of fused-ring (bicyclic) bond motifs is 1. The van der Waals surface area contributed by atoms with Gasteiger partial charge in [-0.25, -0.2) is 10.2 Å². The Kier molecular flexibility index (Phi) is 7.06. The normalized spacial score (nSPS) is 12.3. The molecule has 0 unspecified atom stereocenters. The summed E-state index contributed by atoms with van der Waals surface area (Å²) in [5.74, 6) is 0.406. The smallest absolute Gasteiger partial charge is 0.329 e. The Bertz CT molecular complexity index is 1540. The minimum Gasteiger partial charge on any atom is -0.508 e. The number of anilines is 1. The van der Waals surface area contributed by atoms with E-state index in [2.05, 4.69) is 20.5 Å². The van der Waals surface area contributed by atoms with Crippen molar-refractivity contribution in [1.82, 2.24) is 19.1 Å². The van der Waals surface area contributed by atoms with Gasteiger partial charge in [-0.2, -0.15) is 10.1 Å². The van der Waals surface area contributed by atoms with E-state index in [1.807, 2.05) is 25.1 Å². The van der Waals surface area contributed by atoms with Gasteiger partial charge in [0, 0.05) is 18.7 Å². The molecule has 4 aromatic rings. The van der Waals surface area contributed by atoms with Crippen LogP contribution in [0, 0.1) is 0 Å². The van der Waals surface area contributed by atoms with E-state index in [-0.39, 0.29) is 41.8 Å². The van der Waals surface area contributed by atoms with E-state index in [4.69, 9.17) is 4.74 Å². The molecular weight excluding hydrogens is 468 g/mol. The number of benzene rings is 2. The summed E-state index contributed by atoms with van der Waals surface area (Å²) in [6, 6.07) is 11.5. The van der Waals surface area contributed by atoms with Crippen LogP contribution in [0.4, 0.5) is 5.95 Å². The van der Waals surface area contributed by atoms with Crippen LogP contribution in [-0.4, -0.2) is 53.3 Å². The quantitative estimate of drug-likeness (QED) is 0.171. The summed E-state index contributed by atoms with van der Waals surface area (Å²) in [4.78, 5) is 31.2. The number of hydrogen-bond donors (Lipinski definition) is 5. The summed E-state index contributed by atoms with van der Waals surface area (Å²) >= 11 is 0. The van der Waals surface area contributed by atoms with E-state index in [1.165, 1.54) is 40.6 Å². The van der Waals surface area contributed by atoms with Crippen molar-refractivity contribution in [3.8, 4) is 17.2 Å². The number of aliphatic hydroxyl groups excluding tert-OH is 1. The number of hydrazone groups is 1. The molecule has 188 valence electrons. The molecule has 2 aromatic heterocycles. The number of aromatic hydroxyl groups is 2. The highest BCUT2D eigenvalue weighted by Crippen LogP contribution is 2.21. The van der Waals surface area contributed by atoms with Crippen LogP contribution in [0.25, 0.3) is 11.2 Å². The molecule has 1 atom stereocenters. The van der Waals surface area contributed by atoms with E-state index >= 15 is 0 Å².